The van der Waals surface area contributed by atoms with Gasteiger partial charge in [0.25, 0.3) is 0 Å². The van der Waals surface area contributed by atoms with Crippen molar-refractivity contribution in [3.8, 4) is 11.5 Å². The summed E-state index contributed by atoms with van der Waals surface area (Å²) < 4.78 is 51.8. The van der Waals surface area contributed by atoms with Gasteiger partial charge in [0.1, 0.15) is 22.3 Å². The minimum Gasteiger partial charge on any atom is -0.497 e. The summed E-state index contributed by atoms with van der Waals surface area (Å²) in [4.78, 5) is 6.44. The summed E-state index contributed by atoms with van der Waals surface area (Å²) in [6.07, 6.45) is -2.92. The fraction of sp³-hybridized carbons (Fsp3) is 0.269. The maximum absolute atomic E-state index is 13.8. The molecule has 0 saturated heterocycles. The Balaban J connectivity index is 2.03. The molecule has 1 heterocycles. The standard InChI is InChI=1S/C26H27F3N2O2S/c1-5-14-34-25-24(26(27,28)29)18(2)15-23(30-25)31(16-19-6-10-21(32-3)11-7-19)17-20-8-12-22(33-4)13-9-20/h5-13,15H,1,14,16-17H2,2-4H3. The van der Waals surface area contributed by atoms with Gasteiger partial charge in [-0.05, 0) is 53.9 Å². The van der Waals surface area contributed by atoms with Crippen molar-refractivity contribution in [2.24, 2.45) is 0 Å². The van der Waals surface area contributed by atoms with Gasteiger partial charge < -0.3 is 14.4 Å². The molecule has 0 unspecified atom stereocenters. The van der Waals surface area contributed by atoms with Crippen LogP contribution in [-0.2, 0) is 19.3 Å². The van der Waals surface area contributed by atoms with Crippen molar-refractivity contribution >= 4 is 17.6 Å². The van der Waals surface area contributed by atoms with Crippen LogP contribution in [0.4, 0.5) is 19.0 Å². The van der Waals surface area contributed by atoms with E-state index in [4.69, 9.17) is 9.47 Å². The van der Waals surface area contributed by atoms with Gasteiger partial charge in [0.15, 0.2) is 0 Å². The number of nitrogens with zero attached hydrogens (tertiary/aromatic N) is 2. The molecule has 2 aromatic carbocycles. The van der Waals surface area contributed by atoms with Crippen molar-refractivity contribution in [1.82, 2.24) is 4.98 Å². The van der Waals surface area contributed by atoms with Gasteiger partial charge in [-0.15, -0.1) is 18.3 Å². The average molecular weight is 489 g/mol. The summed E-state index contributed by atoms with van der Waals surface area (Å²) in [6.45, 7) is 6.02. The number of benzene rings is 2. The van der Waals surface area contributed by atoms with Crippen LogP contribution in [0.25, 0.3) is 0 Å². The summed E-state index contributed by atoms with van der Waals surface area (Å²) in [5.74, 6) is 2.27. The highest BCUT2D eigenvalue weighted by Gasteiger charge is 2.37. The molecule has 0 atom stereocenters. The van der Waals surface area contributed by atoms with E-state index in [9.17, 15) is 13.2 Å². The molecule has 0 aliphatic carbocycles. The first-order valence-corrected chi connectivity index (χ1v) is 11.6. The van der Waals surface area contributed by atoms with Gasteiger partial charge in [-0.3, -0.25) is 0 Å². The zero-order chi connectivity index (χ0) is 24.7. The smallest absolute Gasteiger partial charge is 0.419 e. The van der Waals surface area contributed by atoms with Crippen LogP contribution in [0.5, 0.6) is 11.5 Å². The molecule has 0 saturated carbocycles. The Kier molecular flexibility index (Phi) is 8.50. The van der Waals surface area contributed by atoms with E-state index in [-0.39, 0.29) is 10.6 Å². The topological polar surface area (TPSA) is 34.6 Å². The summed E-state index contributed by atoms with van der Waals surface area (Å²) >= 11 is 1.03. The molecular weight excluding hydrogens is 461 g/mol. The van der Waals surface area contributed by atoms with Crippen molar-refractivity contribution in [2.75, 3.05) is 24.9 Å². The number of aromatic nitrogens is 1. The number of thioether (sulfide) groups is 1. The Morgan fingerprint density at radius 2 is 1.44 bits per heavy atom. The van der Waals surface area contributed by atoms with E-state index >= 15 is 0 Å². The van der Waals surface area contributed by atoms with Crippen LogP contribution in [0.3, 0.4) is 0 Å². The van der Waals surface area contributed by atoms with Gasteiger partial charge >= 0.3 is 6.18 Å². The highest BCUT2D eigenvalue weighted by Crippen LogP contribution is 2.39. The molecule has 0 N–H and O–H groups in total. The predicted octanol–water partition coefficient (Wildman–Crippen LogP) is 6.91. The Labute approximate surface area is 202 Å². The van der Waals surface area contributed by atoms with Crippen LogP contribution in [0, 0.1) is 6.92 Å². The minimum atomic E-state index is -4.49. The Hall–Kier alpha value is -3.13. The molecular formula is C26H27F3N2O2S. The van der Waals surface area contributed by atoms with Crippen LogP contribution in [0.2, 0.25) is 0 Å². The third-order valence-electron chi connectivity index (χ3n) is 5.18. The van der Waals surface area contributed by atoms with Crippen LogP contribution in [0.1, 0.15) is 22.3 Å². The summed E-state index contributed by atoms with van der Waals surface area (Å²) in [5.41, 5.74) is 1.40. The maximum Gasteiger partial charge on any atom is 0.419 e. The van der Waals surface area contributed by atoms with E-state index in [2.05, 4.69) is 11.6 Å². The van der Waals surface area contributed by atoms with Gasteiger partial charge in [0.05, 0.1) is 19.8 Å². The molecule has 0 bridgehead atoms. The largest absolute Gasteiger partial charge is 0.497 e. The number of aryl methyl sites for hydroxylation is 1. The monoisotopic (exact) mass is 488 g/mol. The lowest BCUT2D eigenvalue weighted by atomic mass is 10.1. The second kappa shape index (κ2) is 11.3. The molecule has 4 nitrogen and oxygen atoms in total. The lowest BCUT2D eigenvalue weighted by molar-refractivity contribution is -0.140. The first-order valence-electron chi connectivity index (χ1n) is 10.6. The second-order valence-corrected chi connectivity index (χ2v) is 8.64. The molecule has 0 radical (unpaired) electrons. The van der Waals surface area contributed by atoms with Crippen LogP contribution in [-0.4, -0.2) is 25.0 Å². The molecule has 0 aliphatic rings. The van der Waals surface area contributed by atoms with Gasteiger partial charge in [-0.25, -0.2) is 4.98 Å². The SMILES string of the molecule is C=CCSc1nc(N(Cc2ccc(OC)cc2)Cc2ccc(OC)cc2)cc(C)c1C(F)(F)F. The minimum absolute atomic E-state index is 0.0446. The number of anilines is 1. The summed E-state index contributed by atoms with van der Waals surface area (Å²) in [6, 6.07) is 16.7. The van der Waals surface area contributed by atoms with Gasteiger partial charge in [0.2, 0.25) is 0 Å². The Morgan fingerprint density at radius 3 is 1.85 bits per heavy atom. The van der Waals surface area contributed by atoms with E-state index in [1.165, 1.54) is 13.0 Å². The molecule has 3 aromatic rings. The molecule has 34 heavy (non-hydrogen) atoms. The fourth-order valence-electron chi connectivity index (χ4n) is 3.50. The third kappa shape index (κ3) is 6.47. The van der Waals surface area contributed by atoms with E-state index in [1.807, 2.05) is 53.4 Å². The summed E-state index contributed by atoms with van der Waals surface area (Å²) in [5, 5.41) is -0.0446. The molecule has 1 aromatic heterocycles. The fourth-order valence-corrected chi connectivity index (χ4v) is 4.35. The summed E-state index contributed by atoms with van der Waals surface area (Å²) in [7, 11) is 3.20. The highest BCUT2D eigenvalue weighted by molar-refractivity contribution is 7.99. The second-order valence-electron chi connectivity index (χ2n) is 7.63. The zero-order valence-corrected chi connectivity index (χ0v) is 20.2. The van der Waals surface area contributed by atoms with Crippen molar-refractivity contribution in [3.05, 3.63) is 89.5 Å². The first-order chi connectivity index (χ1) is 16.2. The highest BCUT2D eigenvalue weighted by atomic mass is 32.2. The van der Waals surface area contributed by atoms with Crippen molar-refractivity contribution in [3.63, 3.8) is 0 Å². The van der Waals surface area contributed by atoms with Crippen molar-refractivity contribution < 1.29 is 22.6 Å². The van der Waals surface area contributed by atoms with E-state index in [0.29, 0.717) is 24.7 Å². The molecule has 3 rings (SSSR count). The first kappa shape index (κ1) is 25.5. The number of ether oxygens (including phenoxy) is 2. The molecule has 180 valence electrons. The Bertz CT molecular complexity index is 1050. The Morgan fingerprint density at radius 1 is 0.941 bits per heavy atom. The van der Waals surface area contributed by atoms with Crippen LogP contribution >= 0.6 is 11.8 Å². The third-order valence-corrected chi connectivity index (χ3v) is 6.15. The average Bonchev–Trinajstić information content (AvgIpc) is 2.82. The lowest BCUT2D eigenvalue weighted by Crippen LogP contribution is -2.24. The number of hydrogen-bond acceptors (Lipinski definition) is 5. The van der Waals surface area contributed by atoms with Gasteiger partial charge in [0, 0.05) is 18.8 Å². The van der Waals surface area contributed by atoms with E-state index in [0.717, 1.165) is 34.4 Å². The number of hydrogen-bond donors (Lipinski definition) is 0. The molecule has 0 spiro atoms. The zero-order valence-electron chi connectivity index (χ0n) is 19.4. The number of rotatable bonds is 10. The molecule has 0 amide bonds. The van der Waals surface area contributed by atoms with Crippen molar-refractivity contribution in [1.29, 1.82) is 0 Å². The lowest BCUT2D eigenvalue weighted by Gasteiger charge is -2.26. The number of pyridine rings is 1. The van der Waals surface area contributed by atoms with Gasteiger partial charge in [-0.1, -0.05) is 30.3 Å². The molecule has 0 fully saturated rings. The van der Waals surface area contributed by atoms with Gasteiger partial charge in [-0.2, -0.15) is 13.2 Å². The quantitative estimate of drug-likeness (QED) is 0.229. The molecule has 0 aliphatic heterocycles. The maximum atomic E-state index is 13.8. The predicted molar refractivity (Wildman–Crippen MR) is 131 cm³/mol. The molecule has 8 heteroatoms. The van der Waals surface area contributed by atoms with Crippen LogP contribution in [0.15, 0.2) is 72.3 Å². The van der Waals surface area contributed by atoms with E-state index in [1.54, 1.807) is 20.3 Å². The number of alkyl halides is 3. The number of halogens is 3. The normalized spacial score (nSPS) is 11.2. The van der Waals surface area contributed by atoms with Crippen molar-refractivity contribution in [2.45, 2.75) is 31.2 Å². The van der Waals surface area contributed by atoms with Crippen LogP contribution < -0.4 is 14.4 Å². The van der Waals surface area contributed by atoms with E-state index < -0.39 is 11.7 Å². The number of methoxy groups -OCH3 is 2.